The molecule has 0 aliphatic carbocycles. The number of benzene rings is 2. The minimum atomic E-state index is -0.0563. The van der Waals surface area contributed by atoms with Crippen LogP contribution in [0.3, 0.4) is 0 Å². The van der Waals surface area contributed by atoms with Crippen LogP contribution < -0.4 is 9.47 Å². The third kappa shape index (κ3) is 12.3. The lowest BCUT2D eigenvalue weighted by molar-refractivity contribution is -0.148. The second-order valence-corrected chi connectivity index (χ2v) is 9.08. The lowest BCUT2D eigenvalue weighted by atomic mass is 10.1. The summed E-state index contributed by atoms with van der Waals surface area (Å²) in [5.41, 5.74) is 1.71. The van der Waals surface area contributed by atoms with Gasteiger partial charge in [0.1, 0.15) is 18.1 Å². The third-order valence-electron chi connectivity index (χ3n) is 6.13. The molecule has 1 unspecified atom stereocenters. The van der Waals surface area contributed by atoms with E-state index in [4.69, 9.17) is 19.5 Å². The minimum absolute atomic E-state index is 0.0213. The van der Waals surface area contributed by atoms with Crippen LogP contribution in [0.15, 0.2) is 48.5 Å². The Morgan fingerprint density at radius 1 is 0.771 bits per heavy atom. The van der Waals surface area contributed by atoms with Gasteiger partial charge >= 0.3 is 5.97 Å². The van der Waals surface area contributed by atoms with Crippen LogP contribution in [0.4, 0.5) is 0 Å². The van der Waals surface area contributed by atoms with Crippen LogP contribution in [0.1, 0.15) is 89.2 Å². The average Bonchev–Trinajstić information content (AvgIpc) is 2.90. The first-order chi connectivity index (χ1) is 17.1. The first kappa shape index (κ1) is 28.2. The molecule has 1 atom stereocenters. The van der Waals surface area contributed by atoms with E-state index >= 15 is 0 Å². The molecule has 35 heavy (non-hydrogen) atoms. The standard InChI is InChI=1S/C30H41NO4/c1-3-25(2)30(32)34-22-12-10-8-6-4-5-7-9-11-21-33-28-19-15-27(16-20-28)24-35-29-17-13-26(23-31)14-18-29/h13-20,25H,3-12,21-22,24H2,1-2H3. The van der Waals surface area contributed by atoms with E-state index in [0.29, 0.717) is 18.8 Å². The Morgan fingerprint density at radius 2 is 1.29 bits per heavy atom. The molecule has 0 N–H and O–H groups in total. The molecule has 2 rings (SSSR count). The molecule has 0 saturated carbocycles. The largest absolute Gasteiger partial charge is 0.494 e. The molecule has 5 nitrogen and oxygen atoms in total. The fourth-order valence-electron chi connectivity index (χ4n) is 3.59. The van der Waals surface area contributed by atoms with E-state index in [1.54, 1.807) is 12.1 Å². The highest BCUT2D eigenvalue weighted by Gasteiger charge is 2.10. The van der Waals surface area contributed by atoms with E-state index in [-0.39, 0.29) is 11.9 Å². The number of hydrogen-bond donors (Lipinski definition) is 0. The highest BCUT2D eigenvalue weighted by Crippen LogP contribution is 2.17. The first-order valence-corrected chi connectivity index (χ1v) is 13.1. The van der Waals surface area contributed by atoms with Crippen molar-refractivity contribution in [3.63, 3.8) is 0 Å². The van der Waals surface area contributed by atoms with Gasteiger partial charge in [-0.1, -0.05) is 70.9 Å². The van der Waals surface area contributed by atoms with Gasteiger partial charge in [-0.15, -0.1) is 0 Å². The van der Waals surface area contributed by atoms with Gasteiger partial charge in [-0.2, -0.15) is 5.26 Å². The highest BCUT2D eigenvalue weighted by atomic mass is 16.5. The zero-order valence-electron chi connectivity index (χ0n) is 21.5. The normalized spacial score (nSPS) is 11.5. The molecule has 0 aliphatic heterocycles. The summed E-state index contributed by atoms with van der Waals surface area (Å²) in [6.45, 7) is 5.73. The van der Waals surface area contributed by atoms with E-state index < -0.39 is 0 Å². The molecule has 5 heteroatoms. The second-order valence-electron chi connectivity index (χ2n) is 9.08. The first-order valence-electron chi connectivity index (χ1n) is 13.1. The molecule has 0 bridgehead atoms. The van der Waals surface area contributed by atoms with Crippen molar-refractivity contribution in [3.8, 4) is 17.6 Å². The van der Waals surface area contributed by atoms with Crippen molar-refractivity contribution in [2.45, 2.75) is 84.7 Å². The van der Waals surface area contributed by atoms with Crippen LogP contribution in [0.2, 0.25) is 0 Å². The predicted octanol–water partition coefficient (Wildman–Crippen LogP) is 7.62. The van der Waals surface area contributed by atoms with Gasteiger partial charge < -0.3 is 14.2 Å². The second kappa shape index (κ2) is 17.4. The van der Waals surface area contributed by atoms with Gasteiger partial charge in [0, 0.05) is 0 Å². The molecular formula is C30H41NO4. The van der Waals surface area contributed by atoms with Gasteiger partial charge in [-0.3, -0.25) is 4.79 Å². The molecule has 0 aliphatic rings. The molecule has 190 valence electrons. The summed E-state index contributed by atoms with van der Waals surface area (Å²) in [5, 5.41) is 8.84. The maximum atomic E-state index is 11.6. The Hall–Kier alpha value is -3.00. The molecule has 0 fully saturated rings. The number of nitriles is 1. The van der Waals surface area contributed by atoms with Crippen molar-refractivity contribution in [3.05, 3.63) is 59.7 Å². The molecule has 2 aromatic carbocycles. The molecule has 0 aromatic heterocycles. The van der Waals surface area contributed by atoms with Crippen molar-refractivity contribution in [1.29, 1.82) is 5.26 Å². The Balaban J connectivity index is 1.42. The maximum absolute atomic E-state index is 11.6. The van der Waals surface area contributed by atoms with Crippen LogP contribution >= 0.6 is 0 Å². The number of carbonyl (C=O) groups is 1. The van der Waals surface area contributed by atoms with Gasteiger partial charge in [0.25, 0.3) is 0 Å². The number of ether oxygens (including phenoxy) is 3. The summed E-state index contributed by atoms with van der Waals surface area (Å²) < 4.78 is 16.9. The SMILES string of the molecule is CCC(C)C(=O)OCCCCCCCCCCCOc1ccc(COc2ccc(C#N)cc2)cc1. The van der Waals surface area contributed by atoms with E-state index in [2.05, 4.69) is 6.07 Å². The van der Waals surface area contributed by atoms with Crippen LogP contribution in [-0.4, -0.2) is 19.2 Å². The van der Waals surface area contributed by atoms with E-state index in [0.717, 1.165) is 49.4 Å². The van der Waals surface area contributed by atoms with Crippen molar-refractivity contribution in [2.75, 3.05) is 13.2 Å². The Morgan fingerprint density at radius 3 is 1.86 bits per heavy atom. The fraction of sp³-hybridized carbons (Fsp3) is 0.533. The Labute approximate surface area is 211 Å². The summed E-state index contributed by atoms with van der Waals surface area (Å²) in [6.07, 6.45) is 11.5. The number of hydrogen-bond acceptors (Lipinski definition) is 5. The van der Waals surface area contributed by atoms with Crippen LogP contribution in [-0.2, 0) is 16.1 Å². The molecule has 2 aromatic rings. The van der Waals surface area contributed by atoms with Crippen LogP contribution in [0.5, 0.6) is 11.5 Å². The average molecular weight is 480 g/mol. The van der Waals surface area contributed by atoms with E-state index in [1.807, 2.05) is 50.2 Å². The van der Waals surface area contributed by atoms with Crippen molar-refractivity contribution in [1.82, 2.24) is 0 Å². The quantitative estimate of drug-likeness (QED) is 0.162. The van der Waals surface area contributed by atoms with E-state index in [1.165, 1.54) is 38.5 Å². The van der Waals surface area contributed by atoms with Crippen molar-refractivity contribution in [2.24, 2.45) is 5.92 Å². The third-order valence-corrected chi connectivity index (χ3v) is 6.13. The molecular weight excluding hydrogens is 438 g/mol. The van der Waals surface area contributed by atoms with E-state index in [9.17, 15) is 4.79 Å². The van der Waals surface area contributed by atoms with Gasteiger partial charge in [0.2, 0.25) is 0 Å². The van der Waals surface area contributed by atoms with Crippen LogP contribution in [0.25, 0.3) is 0 Å². The van der Waals surface area contributed by atoms with Gasteiger partial charge in [0.05, 0.1) is 30.8 Å². The van der Waals surface area contributed by atoms with Gasteiger partial charge in [-0.25, -0.2) is 0 Å². The summed E-state index contributed by atoms with van der Waals surface area (Å²) in [5.74, 6) is 1.61. The van der Waals surface area contributed by atoms with Crippen LogP contribution in [0, 0.1) is 17.2 Å². The molecule has 0 saturated heterocycles. The lowest BCUT2D eigenvalue weighted by Crippen LogP contribution is -2.14. The lowest BCUT2D eigenvalue weighted by Gasteiger charge is -2.09. The number of unbranched alkanes of at least 4 members (excludes halogenated alkanes) is 8. The number of esters is 1. The zero-order chi connectivity index (χ0) is 25.1. The van der Waals surface area contributed by atoms with Crippen molar-refractivity contribution < 1.29 is 19.0 Å². The number of rotatable bonds is 18. The predicted molar refractivity (Wildman–Crippen MR) is 139 cm³/mol. The fourth-order valence-corrected chi connectivity index (χ4v) is 3.59. The number of carbonyl (C=O) groups excluding carboxylic acids is 1. The summed E-state index contributed by atoms with van der Waals surface area (Å²) >= 11 is 0. The van der Waals surface area contributed by atoms with Crippen molar-refractivity contribution >= 4 is 5.97 Å². The topological polar surface area (TPSA) is 68.6 Å². The molecule has 0 heterocycles. The van der Waals surface area contributed by atoms with Gasteiger partial charge in [0.15, 0.2) is 0 Å². The molecule has 0 radical (unpaired) electrons. The Bertz CT molecular complexity index is 871. The maximum Gasteiger partial charge on any atom is 0.308 e. The van der Waals surface area contributed by atoms with Gasteiger partial charge in [-0.05, 0) is 61.2 Å². The highest BCUT2D eigenvalue weighted by molar-refractivity contribution is 5.71. The Kier molecular flexibility index (Phi) is 14.1. The summed E-state index contributed by atoms with van der Waals surface area (Å²) in [7, 11) is 0. The molecule has 0 amide bonds. The summed E-state index contributed by atoms with van der Waals surface area (Å²) in [4.78, 5) is 11.6. The minimum Gasteiger partial charge on any atom is -0.494 e. The zero-order valence-corrected chi connectivity index (χ0v) is 21.5. The smallest absolute Gasteiger partial charge is 0.308 e. The molecule has 0 spiro atoms. The number of nitrogens with zero attached hydrogens (tertiary/aromatic N) is 1. The monoisotopic (exact) mass is 479 g/mol. The summed E-state index contributed by atoms with van der Waals surface area (Å²) in [6, 6.07) is 17.3.